The lowest BCUT2D eigenvalue weighted by molar-refractivity contribution is -0.384. The SMILES string of the molecule is O=[N+]([O-])c1c(Br)c(Br)cc2c1nc(Br)n2CBr. The molecule has 90 valence electrons. The van der Waals surface area contributed by atoms with Gasteiger partial charge in [-0.25, -0.2) is 4.98 Å². The molecule has 2 aromatic rings. The lowest BCUT2D eigenvalue weighted by Gasteiger charge is -2.02. The smallest absolute Gasteiger partial charge is 0.308 e. The summed E-state index contributed by atoms with van der Waals surface area (Å²) in [6.45, 7) is 0. The van der Waals surface area contributed by atoms with E-state index in [9.17, 15) is 10.1 Å². The summed E-state index contributed by atoms with van der Waals surface area (Å²) in [7, 11) is 0. The van der Waals surface area contributed by atoms with Gasteiger partial charge in [0.2, 0.25) is 0 Å². The highest BCUT2D eigenvalue weighted by Gasteiger charge is 2.24. The second-order valence-electron chi connectivity index (χ2n) is 3.07. The molecule has 1 aromatic heterocycles. The standard InChI is InChI=1S/C8H3Br4N3O2/c9-2-14-4-1-3(10)5(11)7(15(16)17)6(4)13-8(14)12/h1H,2H2. The summed E-state index contributed by atoms with van der Waals surface area (Å²) in [5, 5.41) is 11.1. The number of nitro groups is 1. The predicted octanol–water partition coefficient (Wildman–Crippen LogP) is 4.58. The van der Waals surface area contributed by atoms with Gasteiger partial charge in [-0.1, -0.05) is 15.9 Å². The molecule has 17 heavy (non-hydrogen) atoms. The first kappa shape index (κ1) is 13.4. The molecule has 0 bridgehead atoms. The van der Waals surface area contributed by atoms with E-state index in [2.05, 4.69) is 68.7 Å². The molecule has 0 unspecified atom stereocenters. The van der Waals surface area contributed by atoms with Gasteiger partial charge in [-0.3, -0.25) is 10.1 Å². The lowest BCUT2D eigenvalue weighted by atomic mass is 10.2. The molecule has 5 nitrogen and oxygen atoms in total. The Hall–Kier alpha value is 0.01000. The van der Waals surface area contributed by atoms with E-state index in [1.54, 1.807) is 10.6 Å². The Labute approximate surface area is 129 Å². The highest BCUT2D eigenvalue weighted by molar-refractivity contribution is 9.13. The van der Waals surface area contributed by atoms with Crippen LogP contribution >= 0.6 is 63.7 Å². The maximum Gasteiger partial charge on any atom is 0.312 e. The van der Waals surface area contributed by atoms with Crippen molar-refractivity contribution in [3.05, 3.63) is 29.9 Å². The molecule has 0 aliphatic heterocycles. The summed E-state index contributed by atoms with van der Waals surface area (Å²) >= 11 is 13.1. The lowest BCUT2D eigenvalue weighted by Crippen LogP contribution is -1.94. The largest absolute Gasteiger partial charge is 0.312 e. The maximum absolute atomic E-state index is 11.1. The fourth-order valence-electron chi connectivity index (χ4n) is 1.44. The number of alkyl halides is 1. The molecule has 0 radical (unpaired) electrons. The highest BCUT2D eigenvalue weighted by atomic mass is 79.9. The van der Waals surface area contributed by atoms with Crippen molar-refractivity contribution >= 4 is 80.4 Å². The van der Waals surface area contributed by atoms with Crippen LogP contribution in [0.2, 0.25) is 0 Å². The van der Waals surface area contributed by atoms with Gasteiger partial charge < -0.3 is 4.57 Å². The van der Waals surface area contributed by atoms with Crippen LogP contribution in [0, 0.1) is 10.1 Å². The molecule has 1 aromatic carbocycles. The zero-order valence-corrected chi connectivity index (χ0v) is 14.3. The summed E-state index contributed by atoms with van der Waals surface area (Å²) in [5.41, 5.74) is 1.47. The zero-order valence-electron chi connectivity index (χ0n) is 7.95. The Morgan fingerprint density at radius 3 is 2.59 bits per heavy atom. The minimum atomic E-state index is -0.449. The van der Waals surface area contributed by atoms with Crippen LogP contribution < -0.4 is 0 Å². The van der Waals surface area contributed by atoms with Crippen LogP contribution in [0.4, 0.5) is 5.69 Å². The van der Waals surface area contributed by atoms with Crippen LogP contribution in [0.5, 0.6) is 0 Å². The molecule has 2 rings (SSSR count). The van der Waals surface area contributed by atoms with E-state index in [-0.39, 0.29) is 5.69 Å². The third-order valence-electron chi connectivity index (χ3n) is 2.17. The van der Waals surface area contributed by atoms with E-state index < -0.39 is 4.92 Å². The summed E-state index contributed by atoms with van der Waals surface area (Å²) in [4.78, 5) is 14.8. The third kappa shape index (κ3) is 2.18. The molecular weight excluding hydrogens is 490 g/mol. The van der Waals surface area contributed by atoms with Crippen LogP contribution in [0.15, 0.2) is 19.7 Å². The summed E-state index contributed by atoms with van der Waals surface area (Å²) in [5.74, 6) is 0. The molecule has 1 heterocycles. The fourth-order valence-corrected chi connectivity index (χ4v) is 3.63. The topological polar surface area (TPSA) is 61.0 Å². The normalized spacial score (nSPS) is 11.1. The first-order chi connectivity index (χ1) is 7.97. The minimum absolute atomic E-state index is 0.0465. The number of hydrogen-bond donors (Lipinski definition) is 0. The molecule has 0 saturated carbocycles. The maximum atomic E-state index is 11.1. The zero-order chi connectivity index (χ0) is 12.7. The number of hydrogen-bond acceptors (Lipinski definition) is 3. The van der Waals surface area contributed by atoms with E-state index in [4.69, 9.17) is 0 Å². The molecule has 0 saturated heterocycles. The van der Waals surface area contributed by atoms with Gasteiger partial charge in [0.25, 0.3) is 0 Å². The Balaban J connectivity index is 2.96. The van der Waals surface area contributed by atoms with Gasteiger partial charge in [0.15, 0.2) is 10.3 Å². The molecule has 0 aliphatic rings. The first-order valence-electron chi connectivity index (χ1n) is 4.21. The van der Waals surface area contributed by atoms with E-state index >= 15 is 0 Å². The molecular formula is C8H3Br4N3O2. The van der Waals surface area contributed by atoms with Gasteiger partial charge >= 0.3 is 5.69 Å². The highest BCUT2D eigenvalue weighted by Crippen LogP contribution is 2.39. The van der Waals surface area contributed by atoms with Crippen molar-refractivity contribution in [1.82, 2.24) is 9.55 Å². The molecule has 0 spiro atoms. The van der Waals surface area contributed by atoms with Crippen LogP contribution in [-0.4, -0.2) is 14.5 Å². The average molecular weight is 493 g/mol. The summed E-state index contributed by atoms with van der Waals surface area (Å²) in [6, 6.07) is 1.78. The first-order valence-corrected chi connectivity index (χ1v) is 7.71. The third-order valence-corrected chi connectivity index (χ3v) is 5.23. The second-order valence-corrected chi connectivity index (χ2v) is 5.93. The second kappa shape index (κ2) is 4.94. The minimum Gasteiger partial charge on any atom is -0.308 e. The van der Waals surface area contributed by atoms with Crippen LogP contribution in [0.25, 0.3) is 11.0 Å². The van der Waals surface area contributed by atoms with Crippen molar-refractivity contribution in [2.75, 3.05) is 0 Å². The number of rotatable bonds is 2. The van der Waals surface area contributed by atoms with Gasteiger partial charge in [0, 0.05) is 4.47 Å². The van der Waals surface area contributed by atoms with E-state index in [0.717, 1.165) is 0 Å². The number of nitrogens with zero attached hydrogens (tertiary/aromatic N) is 3. The number of nitro benzene ring substituents is 1. The quantitative estimate of drug-likeness (QED) is 0.350. The summed E-state index contributed by atoms with van der Waals surface area (Å²) in [6.07, 6.45) is 0. The van der Waals surface area contributed by atoms with Gasteiger partial charge in [-0.15, -0.1) is 0 Å². The van der Waals surface area contributed by atoms with E-state index in [1.165, 1.54) is 0 Å². The van der Waals surface area contributed by atoms with Crippen molar-refractivity contribution in [2.24, 2.45) is 0 Å². The van der Waals surface area contributed by atoms with Crippen molar-refractivity contribution in [3.63, 3.8) is 0 Å². The van der Waals surface area contributed by atoms with Crippen molar-refractivity contribution < 1.29 is 4.92 Å². The average Bonchev–Trinajstić information content (AvgIpc) is 2.54. The van der Waals surface area contributed by atoms with Crippen molar-refractivity contribution in [3.8, 4) is 0 Å². The number of aromatic nitrogens is 2. The van der Waals surface area contributed by atoms with E-state index in [1.807, 2.05) is 0 Å². The molecule has 0 amide bonds. The van der Waals surface area contributed by atoms with Gasteiger partial charge in [0.05, 0.1) is 15.9 Å². The molecule has 9 heteroatoms. The summed E-state index contributed by atoms with van der Waals surface area (Å²) < 4.78 is 3.32. The van der Waals surface area contributed by atoms with Gasteiger partial charge in [0.1, 0.15) is 4.47 Å². The number of benzene rings is 1. The fraction of sp³-hybridized carbons (Fsp3) is 0.125. The van der Waals surface area contributed by atoms with Gasteiger partial charge in [-0.2, -0.15) is 0 Å². The van der Waals surface area contributed by atoms with Crippen LogP contribution in [-0.2, 0) is 5.45 Å². The molecule has 0 atom stereocenters. The van der Waals surface area contributed by atoms with Crippen LogP contribution in [0.3, 0.4) is 0 Å². The number of fused-ring (bicyclic) bond motifs is 1. The van der Waals surface area contributed by atoms with Crippen molar-refractivity contribution in [2.45, 2.75) is 5.45 Å². The monoisotopic (exact) mass is 489 g/mol. The predicted molar refractivity (Wildman–Crippen MR) is 78.4 cm³/mol. The Bertz CT molecular complexity index is 625. The Morgan fingerprint density at radius 2 is 2.06 bits per heavy atom. The number of imidazole rings is 1. The molecule has 0 N–H and O–H groups in total. The van der Waals surface area contributed by atoms with Crippen LogP contribution in [0.1, 0.15) is 0 Å². The molecule has 0 fully saturated rings. The Kier molecular flexibility index (Phi) is 3.91. The van der Waals surface area contributed by atoms with Crippen molar-refractivity contribution in [1.29, 1.82) is 0 Å². The Morgan fingerprint density at radius 1 is 1.41 bits per heavy atom. The van der Waals surface area contributed by atoms with E-state index in [0.29, 0.717) is 30.2 Å². The molecule has 0 aliphatic carbocycles. The number of halogens is 4. The van der Waals surface area contributed by atoms with Gasteiger partial charge in [-0.05, 0) is 53.9 Å².